The van der Waals surface area contributed by atoms with Crippen molar-refractivity contribution in [3.05, 3.63) is 33.4 Å². The molecule has 2 rings (SSSR count). The molecular weight excluding hydrogens is 347 g/mol. The Hall–Kier alpha value is -1.67. The van der Waals surface area contributed by atoms with Crippen LogP contribution < -0.4 is 16.0 Å². The second kappa shape index (κ2) is 5.76. The fraction of sp³-hybridized carbons (Fsp3) is 0.167. The van der Waals surface area contributed by atoms with Gasteiger partial charge in [-0.2, -0.15) is 0 Å². The van der Waals surface area contributed by atoms with Gasteiger partial charge in [0.25, 0.3) is 5.91 Å². The van der Waals surface area contributed by atoms with E-state index in [1.54, 1.807) is 25.1 Å². The maximum atomic E-state index is 13.6. The number of nitrogens with one attached hydrogen (secondary N) is 1. The zero-order valence-corrected chi connectivity index (χ0v) is 13.2. The molecule has 0 aliphatic rings. The molecule has 1 aromatic carbocycles. The van der Waals surface area contributed by atoms with Crippen LogP contribution in [-0.2, 0) is 0 Å². The molecule has 0 radical (unpaired) electrons. The smallest absolute Gasteiger partial charge is 0.269 e. The summed E-state index contributed by atoms with van der Waals surface area (Å²) in [6.45, 7) is 0. The summed E-state index contributed by atoms with van der Waals surface area (Å²) in [6.07, 6.45) is 0. The predicted molar refractivity (Wildman–Crippen MR) is 82.9 cm³/mol. The zero-order valence-electron chi connectivity index (χ0n) is 10.8. The Bertz CT molecular complexity index is 659. The molecule has 5 nitrogen and oxygen atoms in total. The van der Waals surface area contributed by atoms with Crippen LogP contribution >= 0.6 is 27.3 Å². The maximum absolute atomic E-state index is 13.6. The van der Waals surface area contributed by atoms with Crippen molar-refractivity contribution >= 4 is 49.8 Å². The Morgan fingerprint density at radius 3 is 2.80 bits per heavy atom. The maximum Gasteiger partial charge on any atom is 0.269 e. The summed E-state index contributed by atoms with van der Waals surface area (Å²) in [6, 6.07) is 4.30. The van der Waals surface area contributed by atoms with Gasteiger partial charge in [0.1, 0.15) is 16.5 Å². The summed E-state index contributed by atoms with van der Waals surface area (Å²) in [5.41, 5.74) is 5.80. The van der Waals surface area contributed by atoms with E-state index in [2.05, 4.69) is 26.2 Å². The third kappa shape index (κ3) is 3.07. The molecule has 3 N–H and O–H groups in total. The standard InChI is InChI=1S/C12H12BrFN4OS/c1-18(2)12-17-10(15)9(20-12)11(19)16-8-5-6(13)3-4-7(8)14/h3-5H,15H2,1-2H3,(H,16,19). The minimum absolute atomic E-state index is 0.0866. The number of aromatic nitrogens is 1. The van der Waals surface area contributed by atoms with Gasteiger partial charge in [0.2, 0.25) is 0 Å². The van der Waals surface area contributed by atoms with Gasteiger partial charge in [-0.1, -0.05) is 27.3 Å². The number of halogens is 2. The molecule has 0 fully saturated rings. The Balaban J connectivity index is 2.26. The molecule has 1 aromatic heterocycles. The van der Waals surface area contributed by atoms with Gasteiger partial charge in [-0.25, -0.2) is 9.37 Å². The van der Waals surface area contributed by atoms with Gasteiger partial charge in [-0.05, 0) is 18.2 Å². The molecule has 2 aromatic rings. The molecule has 0 atom stereocenters. The first-order valence-electron chi connectivity index (χ1n) is 5.58. The van der Waals surface area contributed by atoms with Crippen LogP contribution in [0.25, 0.3) is 0 Å². The van der Waals surface area contributed by atoms with Crippen LogP contribution in [0, 0.1) is 5.82 Å². The number of rotatable bonds is 3. The lowest BCUT2D eigenvalue weighted by Gasteiger charge is -2.06. The van der Waals surface area contributed by atoms with E-state index in [0.29, 0.717) is 9.60 Å². The van der Waals surface area contributed by atoms with Crippen molar-refractivity contribution in [2.75, 3.05) is 30.0 Å². The topological polar surface area (TPSA) is 71.2 Å². The number of carbonyl (C=O) groups excluding carboxylic acids is 1. The Labute approximate surface area is 127 Å². The Kier molecular flexibility index (Phi) is 4.24. The van der Waals surface area contributed by atoms with Crippen LogP contribution in [0.2, 0.25) is 0 Å². The third-order valence-electron chi connectivity index (χ3n) is 2.41. The van der Waals surface area contributed by atoms with Gasteiger partial charge in [-0.15, -0.1) is 0 Å². The van der Waals surface area contributed by atoms with Gasteiger partial charge in [0.15, 0.2) is 5.13 Å². The van der Waals surface area contributed by atoms with E-state index in [9.17, 15) is 9.18 Å². The Morgan fingerprint density at radius 1 is 1.50 bits per heavy atom. The number of hydrogen-bond acceptors (Lipinski definition) is 5. The summed E-state index contributed by atoms with van der Waals surface area (Å²) in [4.78, 5) is 18.2. The molecule has 106 valence electrons. The van der Waals surface area contributed by atoms with E-state index in [4.69, 9.17) is 5.73 Å². The van der Waals surface area contributed by atoms with Gasteiger partial charge in [-0.3, -0.25) is 4.79 Å². The van der Waals surface area contributed by atoms with Crippen molar-refractivity contribution in [2.24, 2.45) is 0 Å². The number of anilines is 3. The number of nitrogens with zero attached hydrogens (tertiary/aromatic N) is 2. The summed E-state index contributed by atoms with van der Waals surface area (Å²) in [5, 5.41) is 3.10. The first kappa shape index (κ1) is 14.7. The number of benzene rings is 1. The van der Waals surface area contributed by atoms with Crippen LogP contribution in [0.15, 0.2) is 22.7 Å². The fourth-order valence-corrected chi connectivity index (χ4v) is 2.61. The lowest BCUT2D eigenvalue weighted by atomic mass is 10.3. The molecule has 0 aliphatic heterocycles. The molecule has 0 saturated carbocycles. The van der Waals surface area contributed by atoms with E-state index in [1.165, 1.54) is 12.1 Å². The van der Waals surface area contributed by atoms with Crippen LogP contribution in [0.5, 0.6) is 0 Å². The minimum atomic E-state index is -0.516. The van der Waals surface area contributed by atoms with Crippen molar-refractivity contribution < 1.29 is 9.18 Å². The normalized spacial score (nSPS) is 10.4. The average Bonchev–Trinajstić information content (AvgIpc) is 2.76. The van der Waals surface area contributed by atoms with Crippen LogP contribution in [0.3, 0.4) is 0 Å². The van der Waals surface area contributed by atoms with Crippen molar-refractivity contribution in [1.82, 2.24) is 4.98 Å². The molecule has 0 spiro atoms. The van der Waals surface area contributed by atoms with E-state index >= 15 is 0 Å². The third-order valence-corrected chi connectivity index (χ3v) is 4.14. The average molecular weight is 359 g/mol. The first-order chi connectivity index (χ1) is 9.38. The van der Waals surface area contributed by atoms with Crippen molar-refractivity contribution in [2.45, 2.75) is 0 Å². The minimum Gasteiger partial charge on any atom is -0.382 e. The van der Waals surface area contributed by atoms with E-state index in [-0.39, 0.29) is 16.4 Å². The largest absolute Gasteiger partial charge is 0.382 e. The molecule has 8 heteroatoms. The molecule has 0 aliphatic carbocycles. The highest BCUT2D eigenvalue weighted by molar-refractivity contribution is 9.10. The summed E-state index contributed by atoms with van der Waals surface area (Å²) < 4.78 is 14.3. The molecule has 0 unspecified atom stereocenters. The quantitative estimate of drug-likeness (QED) is 0.884. The van der Waals surface area contributed by atoms with Gasteiger partial charge in [0.05, 0.1) is 5.69 Å². The van der Waals surface area contributed by atoms with Crippen LogP contribution in [0.4, 0.5) is 21.0 Å². The van der Waals surface area contributed by atoms with Crippen molar-refractivity contribution in [3.8, 4) is 0 Å². The fourth-order valence-electron chi connectivity index (χ4n) is 1.45. The van der Waals surface area contributed by atoms with E-state index < -0.39 is 11.7 Å². The molecular formula is C12H12BrFN4OS. The summed E-state index contributed by atoms with van der Waals surface area (Å²) in [5.74, 6) is -0.867. The van der Waals surface area contributed by atoms with Crippen LogP contribution in [0.1, 0.15) is 9.67 Å². The molecule has 1 heterocycles. The molecule has 20 heavy (non-hydrogen) atoms. The molecule has 1 amide bonds. The lowest BCUT2D eigenvalue weighted by molar-refractivity contribution is 0.103. The first-order valence-corrected chi connectivity index (χ1v) is 7.19. The van der Waals surface area contributed by atoms with Gasteiger partial charge >= 0.3 is 0 Å². The second-order valence-corrected chi connectivity index (χ2v) is 6.08. The summed E-state index contributed by atoms with van der Waals surface area (Å²) >= 11 is 4.37. The number of thiazole rings is 1. The molecule has 0 saturated heterocycles. The number of amides is 1. The highest BCUT2D eigenvalue weighted by Crippen LogP contribution is 2.28. The van der Waals surface area contributed by atoms with Gasteiger partial charge < -0.3 is 16.0 Å². The highest BCUT2D eigenvalue weighted by Gasteiger charge is 2.18. The number of carbonyl (C=O) groups is 1. The van der Waals surface area contributed by atoms with Crippen LogP contribution in [-0.4, -0.2) is 25.0 Å². The predicted octanol–water partition coefficient (Wildman–Crippen LogP) is 2.95. The lowest BCUT2D eigenvalue weighted by Crippen LogP contribution is -2.13. The number of nitrogen functional groups attached to an aromatic ring is 1. The molecule has 0 bridgehead atoms. The van der Waals surface area contributed by atoms with Gasteiger partial charge in [0, 0.05) is 18.6 Å². The SMILES string of the molecule is CN(C)c1nc(N)c(C(=O)Nc2cc(Br)ccc2F)s1. The number of nitrogens with two attached hydrogens (primary N) is 1. The monoisotopic (exact) mass is 358 g/mol. The van der Waals surface area contributed by atoms with Crippen molar-refractivity contribution in [1.29, 1.82) is 0 Å². The highest BCUT2D eigenvalue weighted by atomic mass is 79.9. The van der Waals surface area contributed by atoms with E-state index in [1.807, 2.05) is 0 Å². The summed E-state index contributed by atoms with van der Waals surface area (Å²) in [7, 11) is 3.60. The Morgan fingerprint density at radius 2 is 2.20 bits per heavy atom. The number of hydrogen-bond donors (Lipinski definition) is 2. The van der Waals surface area contributed by atoms with E-state index in [0.717, 1.165) is 11.3 Å². The zero-order chi connectivity index (χ0) is 14.9. The second-order valence-electron chi connectivity index (χ2n) is 4.18. The van der Waals surface area contributed by atoms with Crippen molar-refractivity contribution in [3.63, 3.8) is 0 Å².